The zero-order valence-electron chi connectivity index (χ0n) is 13.6. The molecule has 2 unspecified atom stereocenters. The monoisotopic (exact) mass is 330 g/mol. The fourth-order valence-electron chi connectivity index (χ4n) is 2.89. The van der Waals surface area contributed by atoms with Crippen LogP contribution >= 0.6 is 0 Å². The topological polar surface area (TPSA) is 35.5 Å². The van der Waals surface area contributed by atoms with E-state index in [1.165, 1.54) is 0 Å². The second-order valence-corrected chi connectivity index (χ2v) is 5.75. The molecule has 124 valence electrons. The van der Waals surface area contributed by atoms with Crippen LogP contribution in [-0.2, 0) is 4.74 Å². The van der Waals surface area contributed by atoms with Crippen LogP contribution in [0.3, 0.4) is 0 Å². The zero-order valence-corrected chi connectivity index (χ0v) is 13.6. The first-order chi connectivity index (χ1) is 12.4. The van der Waals surface area contributed by atoms with Crippen LogP contribution < -0.4 is 0 Å². The van der Waals surface area contributed by atoms with E-state index in [0.29, 0.717) is 0 Å². The molecule has 0 aliphatic carbocycles. The van der Waals surface area contributed by atoms with Gasteiger partial charge in [-0.3, -0.25) is 0 Å². The molecule has 0 bridgehead atoms. The molecular weight excluding hydrogens is 312 g/mol. The van der Waals surface area contributed by atoms with Crippen molar-refractivity contribution >= 4 is 0 Å². The molecule has 3 nitrogen and oxygen atoms in total. The van der Waals surface area contributed by atoms with Crippen LogP contribution in [0, 0.1) is 0 Å². The summed E-state index contributed by atoms with van der Waals surface area (Å²) in [5.41, 5.74) is 2.06. The van der Waals surface area contributed by atoms with Gasteiger partial charge in [0.15, 0.2) is 0 Å². The van der Waals surface area contributed by atoms with Crippen LogP contribution in [0.2, 0.25) is 0 Å². The Bertz CT molecular complexity index is 790. The second kappa shape index (κ2) is 7.24. The van der Waals surface area contributed by atoms with Gasteiger partial charge >= 0.3 is 0 Å². The Hall–Kier alpha value is -3.04. The highest BCUT2D eigenvalue weighted by Crippen LogP contribution is 2.36. The van der Waals surface area contributed by atoms with Crippen molar-refractivity contribution in [2.45, 2.75) is 12.2 Å². The van der Waals surface area contributed by atoms with E-state index < -0.39 is 0 Å². The molecule has 0 saturated carbocycles. The van der Waals surface area contributed by atoms with E-state index in [4.69, 9.17) is 13.6 Å². The molecule has 0 fully saturated rings. The highest BCUT2D eigenvalue weighted by molar-refractivity contribution is 5.28. The molecule has 0 aliphatic rings. The van der Waals surface area contributed by atoms with Crippen LogP contribution in [0.1, 0.15) is 34.9 Å². The van der Waals surface area contributed by atoms with Gasteiger partial charge in [0, 0.05) is 0 Å². The van der Waals surface area contributed by atoms with Gasteiger partial charge in [0.25, 0.3) is 0 Å². The molecule has 2 heterocycles. The first-order valence-electron chi connectivity index (χ1n) is 8.24. The summed E-state index contributed by atoms with van der Waals surface area (Å²) >= 11 is 0. The van der Waals surface area contributed by atoms with Crippen molar-refractivity contribution in [3.63, 3.8) is 0 Å². The quantitative estimate of drug-likeness (QED) is 0.450. The normalized spacial score (nSPS) is 13.4. The summed E-state index contributed by atoms with van der Waals surface area (Å²) in [6.45, 7) is 0. The average molecular weight is 330 g/mol. The van der Waals surface area contributed by atoms with Crippen molar-refractivity contribution in [2.24, 2.45) is 0 Å². The van der Waals surface area contributed by atoms with Crippen LogP contribution in [0.5, 0.6) is 0 Å². The molecule has 0 saturated heterocycles. The van der Waals surface area contributed by atoms with Crippen LogP contribution in [0.15, 0.2) is 106 Å². The Kier molecular flexibility index (Phi) is 4.49. The fraction of sp³-hybridized carbons (Fsp3) is 0.0909. The minimum Gasteiger partial charge on any atom is -0.466 e. The molecule has 0 N–H and O–H groups in total. The summed E-state index contributed by atoms with van der Waals surface area (Å²) in [7, 11) is 0. The summed E-state index contributed by atoms with van der Waals surface area (Å²) in [5.74, 6) is 1.53. The summed E-state index contributed by atoms with van der Waals surface area (Å²) < 4.78 is 17.8. The largest absolute Gasteiger partial charge is 0.466 e. The highest BCUT2D eigenvalue weighted by Gasteiger charge is 2.26. The summed E-state index contributed by atoms with van der Waals surface area (Å²) in [5, 5.41) is 0. The Labute approximate surface area is 146 Å². The molecule has 4 rings (SSSR count). The number of rotatable bonds is 6. The summed E-state index contributed by atoms with van der Waals surface area (Å²) in [4.78, 5) is 0. The van der Waals surface area contributed by atoms with Gasteiger partial charge in [0.1, 0.15) is 23.7 Å². The van der Waals surface area contributed by atoms with Crippen molar-refractivity contribution < 1.29 is 13.6 Å². The van der Waals surface area contributed by atoms with Crippen LogP contribution in [0.25, 0.3) is 0 Å². The molecular formula is C22H18O3. The van der Waals surface area contributed by atoms with Crippen LogP contribution in [0.4, 0.5) is 0 Å². The lowest BCUT2D eigenvalue weighted by Crippen LogP contribution is -2.12. The maximum absolute atomic E-state index is 6.52. The van der Waals surface area contributed by atoms with E-state index in [2.05, 4.69) is 0 Å². The first-order valence-corrected chi connectivity index (χ1v) is 8.24. The fourth-order valence-corrected chi connectivity index (χ4v) is 2.89. The Morgan fingerprint density at radius 2 is 0.960 bits per heavy atom. The van der Waals surface area contributed by atoms with E-state index in [1.807, 2.05) is 84.9 Å². The molecule has 2 aromatic carbocycles. The lowest BCUT2D eigenvalue weighted by molar-refractivity contribution is 0.00802. The standard InChI is InChI=1S/C22H18O3/c1-3-9-17(10-4-1)21(19-13-7-15-23-19)25-22(20-14-8-16-24-20)18-11-5-2-6-12-18/h1-16,21-22H. The van der Waals surface area contributed by atoms with Crippen molar-refractivity contribution in [1.82, 2.24) is 0 Å². The summed E-state index contributed by atoms with van der Waals surface area (Å²) in [6.07, 6.45) is 2.68. The van der Waals surface area contributed by atoms with E-state index in [0.717, 1.165) is 22.6 Å². The zero-order chi connectivity index (χ0) is 16.9. The molecule has 0 amide bonds. The van der Waals surface area contributed by atoms with Crippen molar-refractivity contribution in [1.29, 1.82) is 0 Å². The third-order valence-corrected chi connectivity index (χ3v) is 4.08. The highest BCUT2D eigenvalue weighted by atomic mass is 16.5. The Morgan fingerprint density at radius 1 is 0.520 bits per heavy atom. The van der Waals surface area contributed by atoms with E-state index in [1.54, 1.807) is 12.5 Å². The maximum Gasteiger partial charge on any atom is 0.142 e. The number of hydrogen-bond acceptors (Lipinski definition) is 3. The van der Waals surface area contributed by atoms with Crippen molar-refractivity contribution in [2.75, 3.05) is 0 Å². The smallest absolute Gasteiger partial charge is 0.142 e. The third kappa shape index (κ3) is 3.42. The summed E-state index contributed by atoms with van der Waals surface area (Å²) in [6, 6.07) is 27.7. The molecule has 25 heavy (non-hydrogen) atoms. The molecule has 0 aliphatic heterocycles. The van der Waals surface area contributed by atoms with E-state index in [9.17, 15) is 0 Å². The molecule has 4 aromatic rings. The van der Waals surface area contributed by atoms with Crippen molar-refractivity contribution in [3.8, 4) is 0 Å². The first kappa shape index (κ1) is 15.5. The van der Waals surface area contributed by atoms with Gasteiger partial charge in [0.2, 0.25) is 0 Å². The maximum atomic E-state index is 6.52. The lowest BCUT2D eigenvalue weighted by Gasteiger charge is -2.23. The van der Waals surface area contributed by atoms with Gasteiger partial charge < -0.3 is 13.6 Å². The van der Waals surface area contributed by atoms with Gasteiger partial charge in [-0.15, -0.1) is 0 Å². The molecule has 2 atom stereocenters. The van der Waals surface area contributed by atoms with Crippen molar-refractivity contribution in [3.05, 3.63) is 120 Å². The predicted octanol–water partition coefficient (Wildman–Crippen LogP) is 5.77. The third-order valence-electron chi connectivity index (χ3n) is 4.08. The van der Waals surface area contributed by atoms with Crippen LogP contribution in [-0.4, -0.2) is 0 Å². The predicted molar refractivity (Wildman–Crippen MR) is 95.1 cm³/mol. The van der Waals surface area contributed by atoms with Gasteiger partial charge in [-0.1, -0.05) is 60.7 Å². The average Bonchev–Trinajstić information content (AvgIpc) is 3.38. The molecule has 2 aromatic heterocycles. The van der Waals surface area contributed by atoms with Gasteiger partial charge in [-0.05, 0) is 35.4 Å². The van der Waals surface area contributed by atoms with E-state index in [-0.39, 0.29) is 12.2 Å². The number of benzene rings is 2. The molecule has 0 spiro atoms. The minimum atomic E-state index is -0.327. The Balaban J connectivity index is 1.74. The Morgan fingerprint density at radius 3 is 1.32 bits per heavy atom. The number of hydrogen-bond donors (Lipinski definition) is 0. The minimum absolute atomic E-state index is 0.327. The van der Waals surface area contributed by atoms with Gasteiger partial charge in [-0.2, -0.15) is 0 Å². The molecule has 0 radical (unpaired) electrons. The SMILES string of the molecule is c1ccc(C(OC(c2ccccc2)c2ccco2)c2ccco2)cc1. The molecule has 3 heteroatoms. The van der Waals surface area contributed by atoms with E-state index >= 15 is 0 Å². The number of ether oxygens (including phenoxy) is 1. The lowest BCUT2D eigenvalue weighted by atomic mass is 10.0. The van der Waals surface area contributed by atoms with Gasteiger partial charge in [0.05, 0.1) is 12.5 Å². The van der Waals surface area contributed by atoms with Gasteiger partial charge in [-0.25, -0.2) is 0 Å². The second-order valence-electron chi connectivity index (χ2n) is 5.75. The number of furan rings is 2.